The molecule has 0 bridgehead atoms. The fourth-order valence-corrected chi connectivity index (χ4v) is 8.59. The van der Waals surface area contributed by atoms with Crippen molar-refractivity contribution in [3.63, 3.8) is 0 Å². The third-order valence-electron chi connectivity index (χ3n) is 11.1. The number of hydrogen-bond acceptors (Lipinski definition) is 0. The van der Waals surface area contributed by atoms with E-state index in [9.17, 15) is 0 Å². The Balaban J connectivity index is 1.13. The average Bonchev–Trinajstić information content (AvgIpc) is 3.76. The van der Waals surface area contributed by atoms with Crippen LogP contribution in [0, 0.1) is 0 Å². The van der Waals surface area contributed by atoms with Gasteiger partial charge in [0, 0.05) is 32.9 Å². The quantitative estimate of drug-likeness (QED) is 0.171. The Bertz CT molecular complexity index is 3200. The van der Waals surface area contributed by atoms with Gasteiger partial charge in [0.1, 0.15) is 0 Å². The number of aromatic nitrogens is 2. The maximum Gasteiger partial charge on any atom is 0.0547 e. The molecule has 0 amide bonds. The molecule has 2 nitrogen and oxygen atoms in total. The number of rotatable bonds is 5. The van der Waals surface area contributed by atoms with Crippen molar-refractivity contribution in [2.45, 2.75) is 0 Å². The van der Waals surface area contributed by atoms with Crippen LogP contribution in [0.1, 0.15) is 0 Å². The van der Waals surface area contributed by atoms with Gasteiger partial charge in [0.2, 0.25) is 0 Å². The Morgan fingerprint density at radius 1 is 0.259 bits per heavy atom. The van der Waals surface area contributed by atoms with E-state index in [1.54, 1.807) is 0 Å². The van der Waals surface area contributed by atoms with Crippen LogP contribution in [0.4, 0.5) is 0 Å². The van der Waals surface area contributed by atoms with Crippen LogP contribution in [0.25, 0.3) is 99.1 Å². The fraction of sp³-hybridized carbons (Fsp3) is 0. The Morgan fingerprint density at radius 2 is 0.833 bits per heavy atom. The predicted molar refractivity (Wildman–Crippen MR) is 229 cm³/mol. The van der Waals surface area contributed by atoms with Gasteiger partial charge in [-0.05, 0) is 111 Å². The zero-order valence-corrected chi connectivity index (χ0v) is 29.5. The highest BCUT2D eigenvalue weighted by molar-refractivity contribution is 6.17. The third kappa shape index (κ3) is 4.81. The lowest BCUT2D eigenvalue weighted by Gasteiger charge is -2.10. The molecule has 0 unspecified atom stereocenters. The Labute approximate surface area is 313 Å². The summed E-state index contributed by atoms with van der Waals surface area (Å²) in [6, 6.07) is 75.2. The van der Waals surface area contributed by atoms with E-state index < -0.39 is 0 Å². The summed E-state index contributed by atoms with van der Waals surface area (Å²) >= 11 is 0. The summed E-state index contributed by atoms with van der Waals surface area (Å²) in [4.78, 5) is 0. The van der Waals surface area contributed by atoms with Gasteiger partial charge in [0.05, 0.1) is 22.1 Å². The summed E-state index contributed by atoms with van der Waals surface area (Å²) in [6.07, 6.45) is 0. The Kier molecular flexibility index (Phi) is 6.90. The molecule has 9 aromatic carbocycles. The van der Waals surface area contributed by atoms with Crippen molar-refractivity contribution < 1.29 is 0 Å². The summed E-state index contributed by atoms with van der Waals surface area (Å²) in [7, 11) is 0. The molecule has 54 heavy (non-hydrogen) atoms. The van der Waals surface area contributed by atoms with Crippen LogP contribution in [-0.4, -0.2) is 9.13 Å². The number of nitrogens with zero attached hydrogens (tertiary/aromatic N) is 2. The van der Waals surface area contributed by atoms with Gasteiger partial charge in [-0.25, -0.2) is 0 Å². The summed E-state index contributed by atoms with van der Waals surface area (Å²) in [5, 5.41) is 7.50. The van der Waals surface area contributed by atoms with E-state index in [0.29, 0.717) is 0 Å². The highest BCUT2D eigenvalue weighted by atomic mass is 15.0. The van der Waals surface area contributed by atoms with Crippen molar-refractivity contribution in [3.05, 3.63) is 206 Å². The first kappa shape index (κ1) is 30.5. The molecule has 0 spiro atoms. The molecule has 0 atom stereocenters. The molecule has 0 aliphatic rings. The van der Waals surface area contributed by atoms with Gasteiger partial charge in [-0.2, -0.15) is 0 Å². The molecule has 0 N–H and O–H groups in total. The minimum atomic E-state index is 1.16. The lowest BCUT2D eigenvalue weighted by molar-refractivity contribution is 1.18. The molecule has 11 rings (SSSR count). The first-order valence-corrected chi connectivity index (χ1v) is 18.6. The molecule has 252 valence electrons. The molecule has 0 saturated heterocycles. The van der Waals surface area contributed by atoms with Crippen molar-refractivity contribution in [2.75, 3.05) is 0 Å². The van der Waals surface area contributed by atoms with Crippen molar-refractivity contribution in [3.8, 4) is 44.8 Å². The second-order valence-electron chi connectivity index (χ2n) is 14.2. The molecule has 0 saturated carbocycles. The molecular weight excluding hydrogens is 653 g/mol. The minimum absolute atomic E-state index is 1.16. The van der Waals surface area contributed by atoms with E-state index in [4.69, 9.17) is 0 Å². The summed E-state index contributed by atoms with van der Waals surface area (Å²) in [5.74, 6) is 0. The molecular formula is C52H34N2. The second-order valence-corrected chi connectivity index (χ2v) is 14.2. The highest BCUT2D eigenvalue weighted by Crippen LogP contribution is 2.42. The smallest absolute Gasteiger partial charge is 0.0547 e. The molecule has 2 heteroatoms. The third-order valence-corrected chi connectivity index (χ3v) is 11.1. The maximum absolute atomic E-state index is 2.42. The van der Waals surface area contributed by atoms with E-state index in [1.807, 2.05) is 0 Å². The normalized spacial score (nSPS) is 11.7. The first-order valence-electron chi connectivity index (χ1n) is 18.6. The number of hydrogen-bond donors (Lipinski definition) is 0. The number of benzene rings is 9. The standard InChI is InChI=1S/C52H34N2/c1-3-13-35(14-4-1)37-17-11-18-41(31-37)44-22-12-24-51-52(44)47-34-40(27-30-50(47)53(51)42-19-5-2-6-20-42)39-26-29-49-46(33-39)45-21-9-10-23-48(45)54(49)43-28-25-36-15-7-8-16-38(36)32-43/h1-34H. The van der Waals surface area contributed by atoms with Gasteiger partial charge >= 0.3 is 0 Å². The number of fused-ring (bicyclic) bond motifs is 7. The van der Waals surface area contributed by atoms with E-state index in [1.165, 1.54) is 93.5 Å². The molecule has 0 aliphatic heterocycles. The fourth-order valence-electron chi connectivity index (χ4n) is 8.59. The van der Waals surface area contributed by atoms with Crippen molar-refractivity contribution in [1.82, 2.24) is 9.13 Å². The van der Waals surface area contributed by atoms with Crippen LogP contribution in [0.3, 0.4) is 0 Å². The van der Waals surface area contributed by atoms with Crippen molar-refractivity contribution in [1.29, 1.82) is 0 Å². The van der Waals surface area contributed by atoms with E-state index in [0.717, 1.165) is 5.69 Å². The molecule has 0 radical (unpaired) electrons. The molecule has 0 fully saturated rings. The lowest BCUT2D eigenvalue weighted by atomic mass is 9.95. The van der Waals surface area contributed by atoms with Gasteiger partial charge in [-0.1, -0.05) is 140 Å². The van der Waals surface area contributed by atoms with Crippen molar-refractivity contribution in [2.24, 2.45) is 0 Å². The average molecular weight is 687 g/mol. The maximum atomic E-state index is 2.42. The minimum Gasteiger partial charge on any atom is -0.309 e. The van der Waals surface area contributed by atoms with Gasteiger partial charge in [-0.15, -0.1) is 0 Å². The molecule has 11 aromatic rings. The summed E-state index contributed by atoms with van der Waals surface area (Å²) < 4.78 is 4.83. The van der Waals surface area contributed by atoms with Crippen LogP contribution >= 0.6 is 0 Å². The monoisotopic (exact) mass is 686 g/mol. The second kappa shape index (κ2) is 12.2. The summed E-state index contributed by atoms with van der Waals surface area (Å²) in [6.45, 7) is 0. The van der Waals surface area contributed by atoms with Gasteiger partial charge in [-0.3, -0.25) is 0 Å². The SMILES string of the molecule is c1ccc(-c2cccc(-c3cccc4c3c3cc(-c5ccc6c(c5)c5ccccc5n6-c5ccc6ccccc6c5)ccc3n4-c3ccccc3)c2)cc1. The van der Waals surface area contributed by atoms with Gasteiger partial charge in [0.15, 0.2) is 0 Å². The van der Waals surface area contributed by atoms with Gasteiger partial charge < -0.3 is 9.13 Å². The predicted octanol–water partition coefficient (Wildman–Crippen LogP) is 14.0. The number of para-hydroxylation sites is 2. The largest absolute Gasteiger partial charge is 0.309 e. The van der Waals surface area contributed by atoms with Gasteiger partial charge in [0.25, 0.3) is 0 Å². The van der Waals surface area contributed by atoms with Crippen LogP contribution in [-0.2, 0) is 0 Å². The molecule has 2 aromatic heterocycles. The van der Waals surface area contributed by atoms with Crippen LogP contribution in [0.15, 0.2) is 206 Å². The lowest BCUT2D eigenvalue weighted by Crippen LogP contribution is -1.94. The van der Waals surface area contributed by atoms with Crippen LogP contribution in [0.2, 0.25) is 0 Å². The summed E-state index contributed by atoms with van der Waals surface area (Å²) in [5.41, 5.74) is 14.4. The van der Waals surface area contributed by atoms with Crippen LogP contribution < -0.4 is 0 Å². The zero-order chi connectivity index (χ0) is 35.6. The van der Waals surface area contributed by atoms with E-state index >= 15 is 0 Å². The van der Waals surface area contributed by atoms with Crippen molar-refractivity contribution >= 4 is 54.4 Å². The Morgan fingerprint density at radius 3 is 1.67 bits per heavy atom. The van der Waals surface area contributed by atoms with Crippen LogP contribution in [0.5, 0.6) is 0 Å². The molecule has 0 aliphatic carbocycles. The highest BCUT2D eigenvalue weighted by Gasteiger charge is 2.19. The van der Waals surface area contributed by atoms with E-state index in [2.05, 4.69) is 215 Å². The topological polar surface area (TPSA) is 9.86 Å². The van der Waals surface area contributed by atoms with E-state index in [-0.39, 0.29) is 0 Å². The Hall–Kier alpha value is -7.16. The first-order chi connectivity index (χ1) is 26.8. The molecule has 2 heterocycles. The zero-order valence-electron chi connectivity index (χ0n) is 29.5.